The van der Waals surface area contributed by atoms with Crippen molar-refractivity contribution in [3.63, 3.8) is 0 Å². The van der Waals surface area contributed by atoms with Gasteiger partial charge in [0.25, 0.3) is 0 Å². The number of ether oxygens (including phenoxy) is 1. The minimum Gasteiger partial charge on any atom is -0.377 e. The van der Waals surface area contributed by atoms with Crippen LogP contribution in [0.3, 0.4) is 0 Å². The van der Waals surface area contributed by atoms with E-state index in [9.17, 15) is 13.2 Å². The van der Waals surface area contributed by atoms with Crippen molar-refractivity contribution in [1.29, 1.82) is 0 Å². The molecule has 30 heavy (non-hydrogen) atoms. The van der Waals surface area contributed by atoms with Gasteiger partial charge in [-0.05, 0) is 63.6 Å². The third-order valence-electron chi connectivity index (χ3n) is 6.15. The number of pyridine rings is 1. The Labute approximate surface area is 174 Å². The number of hydrogen-bond acceptors (Lipinski definition) is 5. The van der Waals surface area contributed by atoms with E-state index in [0.717, 1.165) is 63.7 Å². The number of hydrogen-bond donors (Lipinski definition) is 1. The standard InChI is InChI=1S/C21H28F3N5O/c1-2-29-20(15-6-4-14(5-7-15)17-13-25-10-3-11-30-17)27-19(28-29)16-8-9-18(26-12-16)21(22,23)24/h8-9,12,14-15,17,25H,2-7,10-11,13H2,1H3. The second kappa shape index (κ2) is 9.01. The van der Waals surface area contributed by atoms with Crippen molar-refractivity contribution in [1.82, 2.24) is 25.1 Å². The first kappa shape index (κ1) is 21.2. The Balaban J connectivity index is 1.45. The summed E-state index contributed by atoms with van der Waals surface area (Å²) in [6.07, 6.45) is 2.32. The molecule has 2 aromatic rings. The number of alkyl halides is 3. The average Bonchev–Trinajstić information content (AvgIpc) is 3.00. The van der Waals surface area contributed by atoms with Crippen molar-refractivity contribution in [2.45, 2.75) is 63.8 Å². The lowest BCUT2D eigenvalue weighted by Gasteiger charge is -2.32. The molecule has 0 bridgehead atoms. The first-order chi connectivity index (χ1) is 14.5. The maximum Gasteiger partial charge on any atom is 0.433 e. The van der Waals surface area contributed by atoms with E-state index < -0.39 is 11.9 Å². The molecule has 1 N–H and O–H groups in total. The molecule has 0 aromatic carbocycles. The Bertz CT molecular complexity index is 820. The van der Waals surface area contributed by atoms with Gasteiger partial charge in [-0.1, -0.05) is 0 Å². The van der Waals surface area contributed by atoms with E-state index in [1.807, 2.05) is 11.6 Å². The summed E-state index contributed by atoms with van der Waals surface area (Å²) in [4.78, 5) is 8.25. The van der Waals surface area contributed by atoms with E-state index in [-0.39, 0.29) is 6.10 Å². The molecule has 9 heteroatoms. The third-order valence-corrected chi connectivity index (χ3v) is 6.15. The molecule has 0 amide bonds. The fourth-order valence-corrected chi connectivity index (χ4v) is 4.49. The molecule has 2 aromatic heterocycles. The molecule has 164 valence electrons. The van der Waals surface area contributed by atoms with Gasteiger partial charge in [0.15, 0.2) is 5.82 Å². The van der Waals surface area contributed by atoms with E-state index in [4.69, 9.17) is 9.72 Å². The average molecular weight is 423 g/mol. The van der Waals surface area contributed by atoms with Crippen LogP contribution in [0.25, 0.3) is 11.4 Å². The van der Waals surface area contributed by atoms with Crippen LogP contribution < -0.4 is 5.32 Å². The Kier molecular flexibility index (Phi) is 6.38. The lowest BCUT2D eigenvalue weighted by atomic mass is 9.79. The Morgan fingerprint density at radius 3 is 2.67 bits per heavy atom. The molecule has 0 radical (unpaired) electrons. The van der Waals surface area contributed by atoms with Gasteiger partial charge in [0.2, 0.25) is 0 Å². The first-order valence-corrected chi connectivity index (χ1v) is 10.8. The van der Waals surface area contributed by atoms with Crippen LogP contribution >= 0.6 is 0 Å². The zero-order chi connectivity index (χ0) is 21.1. The van der Waals surface area contributed by atoms with Crippen molar-refractivity contribution < 1.29 is 17.9 Å². The van der Waals surface area contributed by atoms with Gasteiger partial charge in [-0.25, -0.2) is 9.67 Å². The summed E-state index contributed by atoms with van der Waals surface area (Å²) in [6, 6.07) is 2.37. The number of rotatable bonds is 4. The Morgan fingerprint density at radius 1 is 1.20 bits per heavy atom. The smallest absolute Gasteiger partial charge is 0.377 e. The Morgan fingerprint density at radius 2 is 2.00 bits per heavy atom. The fraction of sp³-hybridized carbons (Fsp3) is 0.667. The van der Waals surface area contributed by atoms with Gasteiger partial charge in [-0.2, -0.15) is 18.3 Å². The van der Waals surface area contributed by atoms with Gasteiger partial charge in [0.05, 0.1) is 6.10 Å². The molecule has 1 unspecified atom stereocenters. The maximum atomic E-state index is 12.8. The topological polar surface area (TPSA) is 64.9 Å². The molecule has 2 fully saturated rings. The molecule has 1 atom stereocenters. The van der Waals surface area contributed by atoms with Crippen LogP contribution in [0.15, 0.2) is 18.3 Å². The van der Waals surface area contributed by atoms with E-state index in [0.29, 0.717) is 29.8 Å². The largest absolute Gasteiger partial charge is 0.433 e. The summed E-state index contributed by atoms with van der Waals surface area (Å²) in [5.74, 6) is 2.23. The molecule has 3 heterocycles. The van der Waals surface area contributed by atoms with Gasteiger partial charge >= 0.3 is 6.18 Å². The lowest BCUT2D eigenvalue weighted by Crippen LogP contribution is -2.35. The molecule has 0 spiro atoms. The van der Waals surface area contributed by atoms with Crippen molar-refractivity contribution in [2.75, 3.05) is 19.7 Å². The van der Waals surface area contributed by atoms with Gasteiger partial charge in [-0.3, -0.25) is 4.98 Å². The van der Waals surface area contributed by atoms with E-state index in [1.165, 1.54) is 12.3 Å². The predicted molar refractivity (Wildman–Crippen MR) is 106 cm³/mol. The van der Waals surface area contributed by atoms with E-state index >= 15 is 0 Å². The second-order valence-electron chi connectivity index (χ2n) is 8.12. The summed E-state index contributed by atoms with van der Waals surface area (Å²) in [7, 11) is 0. The fourth-order valence-electron chi connectivity index (χ4n) is 4.49. The monoisotopic (exact) mass is 423 g/mol. The summed E-state index contributed by atoms with van der Waals surface area (Å²) < 4.78 is 46.2. The maximum absolute atomic E-state index is 12.8. The third kappa shape index (κ3) is 4.67. The molecular formula is C21H28F3N5O. The highest BCUT2D eigenvalue weighted by Gasteiger charge is 2.33. The summed E-state index contributed by atoms with van der Waals surface area (Å²) in [5.41, 5.74) is -0.405. The lowest BCUT2D eigenvalue weighted by molar-refractivity contribution is -0.141. The quantitative estimate of drug-likeness (QED) is 0.804. The number of aryl methyl sites for hydroxylation is 1. The number of halogens is 3. The minimum absolute atomic E-state index is 0.284. The van der Waals surface area contributed by atoms with Crippen molar-refractivity contribution in [2.24, 2.45) is 5.92 Å². The predicted octanol–water partition coefficient (Wildman–Crippen LogP) is 4.03. The Hall–Kier alpha value is -2.00. The van der Waals surface area contributed by atoms with Gasteiger partial charge in [0.1, 0.15) is 11.5 Å². The molecule has 1 aliphatic carbocycles. The SMILES string of the molecule is CCn1nc(-c2ccc(C(F)(F)F)nc2)nc1C1CCC(C2CNCCCO2)CC1. The molecule has 1 aliphatic heterocycles. The molecular weight excluding hydrogens is 395 g/mol. The van der Waals surface area contributed by atoms with Gasteiger partial charge in [-0.15, -0.1) is 0 Å². The van der Waals surface area contributed by atoms with Crippen molar-refractivity contribution >= 4 is 0 Å². The molecule has 6 nitrogen and oxygen atoms in total. The number of nitrogens with zero attached hydrogens (tertiary/aromatic N) is 4. The van der Waals surface area contributed by atoms with Crippen LogP contribution in [0.1, 0.15) is 56.5 Å². The number of nitrogens with one attached hydrogen (secondary N) is 1. The van der Waals surface area contributed by atoms with Gasteiger partial charge < -0.3 is 10.1 Å². The normalized spacial score (nSPS) is 25.8. The summed E-state index contributed by atoms with van der Waals surface area (Å²) in [5, 5.41) is 8.00. The van der Waals surface area contributed by atoms with E-state index in [2.05, 4.69) is 15.4 Å². The zero-order valence-electron chi connectivity index (χ0n) is 17.2. The van der Waals surface area contributed by atoms with Crippen LogP contribution in [-0.2, 0) is 17.5 Å². The second-order valence-corrected chi connectivity index (χ2v) is 8.12. The molecule has 2 aliphatic rings. The zero-order valence-corrected chi connectivity index (χ0v) is 17.2. The van der Waals surface area contributed by atoms with Crippen LogP contribution in [-0.4, -0.2) is 45.5 Å². The highest BCUT2D eigenvalue weighted by atomic mass is 19.4. The van der Waals surface area contributed by atoms with Crippen LogP contribution in [0.2, 0.25) is 0 Å². The first-order valence-electron chi connectivity index (χ1n) is 10.8. The van der Waals surface area contributed by atoms with Crippen molar-refractivity contribution in [3.8, 4) is 11.4 Å². The summed E-state index contributed by atoms with van der Waals surface area (Å²) >= 11 is 0. The van der Waals surface area contributed by atoms with Crippen LogP contribution in [0.4, 0.5) is 13.2 Å². The summed E-state index contributed by atoms with van der Waals surface area (Å²) in [6.45, 7) is 5.44. The molecule has 1 saturated heterocycles. The minimum atomic E-state index is -4.45. The highest BCUT2D eigenvalue weighted by Crippen LogP contribution is 2.38. The van der Waals surface area contributed by atoms with Gasteiger partial charge in [0, 0.05) is 37.4 Å². The molecule has 1 saturated carbocycles. The van der Waals surface area contributed by atoms with Crippen LogP contribution in [0, 0.1) is 5.92 Å². The number of aromatic nitrogens is 4. The van der Waals surface area contributed by atoms with Crippen LogP contribution in [0.5, 0.6) is 0 Å². The molecule has 4 rings (SSSR count). The highest BCUT2D eigenvalue weighted by molar-refractivity contribution is 5.53. The van der Waals surface area contributed by atoms with E-state index in [1.54, 1.807) is 0 Å². The van der Waals surface area contributed by atoms with Crippen molar-refractivity contribution in [3.05, 3.63) is 29.8 Å².